The number of guanidine groups is 1. The molecule has 0 spiro atoms. The standard InChI is InChI=1S/C25H33FN4O2.HI/c1-5-17(2)29-24(31)21-8-6-7-19(13-21)14-28-25(27-4)30-15-18(3)32-23(16-30)20-9-11-22(26)12-10-20;/h6-13,17-18,23H,5,14-16H2,1-4H3,(H,27,28)(H,29,31);1H. The topological polar surface area (TPSA) is 66.0 Å². The summed E-state index contributed by atoms with van der Waals surface area (Å²) in [5.41, 5.74) is 2.59. The van der Waals surface area contributed by atoms with E-state index in [1.165, 1.54) is 12.1 Å². The third-order valence-electron chi connectivity index (χ3n) is 5.64. The predicted octanol–water partition coefficient (Wildman–Crippen LogP) is 4.51. The maximum Gasteiger partial charge on any atom is 0.251 e. The van der Waals surface area contributed by atoms with E-state index in [2.05, 4.69) is 20.5 Å². The van der Waals surface area contributed by atoms with Gasteiger partial charge in [-0.2, -0.15) is 0 Å². The monoisotopic (exact) mass is 568 g/mol. The van der Waals surface area contributed by atoms with E-state index in [9.17, 15) is 9.18 Å². The second-order valence-corrected chi connectivity index (χ2v) is 8.28. The number of ether oxygens (including phenoxy) is 1. The average molecular weight is 568 g/mol. The summed E-state index contributed by atoms with van der Waals surface area (Å²) in [5.74, 6) is 0.448. The van der Waals surface area contributed by atoms with E-state index >= 15 is 0 Å². The number of rotatable bonds is 6. The molecule has 3 atom stereocenters. The Hall–Kier alpha value is -2.20. The minimum Gasteiger partial charge on any atom is -0.367 e. The highest BCUT2D eigenvalue weighted by Crippen LogP contribution is 2.25. The number of nitrogens with zero attached hydrogens (tertiary/aromatic N) is 2. The van der Waals surface area contributed by atoms with Gasteiger partial charge in [-0.15, -0.1) is 24.0 Å². The fourth-order valence-electron chi connectivity index (χ4n) is 3.73. The minimum absolute atomic E-state index is 0. The van der Waals surface area contributed by atoms with Crippen LogP contribution < -0.4 is 10.6 Å². The van der Waals surface area contributed by atoms with Crippen LogP contribution in [0.1, 0.15) is 54.8 Å². The van der Waals surface area contributed by atoms with Gasteiger partial charge in [0.2, 0.25) is 0 Å². The van der Waals surface area contributed by atoms with Crippen molar-refractivity contribution in [2.24, 2.45) is 4.99 Å². The van der Waals surface area contributed by atoms with E-state index in [4.69, 9.17) is 4.74 Å². The van der Waals surface area contributed by atoms with Gasteiger partial charge in [0, 0.05) is 31.7 Å². The largest absolute Gasteiger partial charge is 0.367 e. The van der Waals surface area contributed by atoms with Gasteiger partial charge in [0.1, 0.15) is 11.9 Å². The fourth-order valence-corrected chi connectivity index (χ4v) is 3.73. The molecule has 3 unspecified atom stereocenters. The number of hydrogen-bond acceptors (Lipinski definition) is 3. The van der Waals surface area contributed by atoms with Crippen molar-refractivity contribution in [2.75, 3.05) is 20.1 Å². The number of halogens is 2. The number of hydrogen-bond donors (Lipinski definition) is 2. The summed E-state index contributed by atoms with van der Waals surface area (Å²) in [6, 6.07) is 14.2. The molecule has 0 saturated carbocycles. The molecule has 2 N–H and O–H groups in total. The van der Waals surface area contributed by atoms with Gasteiger partial charge < -0.3 is 20.3 Å². The van der Waals surface area contributed by atoms with E-state index in [-0.39, 0.29) is 54.0 Å². The molecule has 0 radical (unpaired) electrons. The predicted molar refractivity (Wildman–Crippen MR) is 141 cm³/mol. The molecule has 33 heavy (non-hydrogen) atoms. The molecule has 2 aromatic carbocycles. The SMILES string of the molecule is CCC(C)NC(=O)c1cccc(CNC(=NC)N2CC(C)OC(c3ccc(F)cc3)C2)c1.I. The summed E-state index contributed by atoms with van der Waals surface area (Å²) < 4.78 is 19.4. The second-order valence-electron chi connectivity index (χ2n) is 8.28. The van der Waals surface area contributed by atoms with Crippen LogP contribution in [0.3, 0.4) is 0 Å². The van der Waals surface area contributed by atoms with E-state index in [1.807, 2.05) is 45.0 Å². The lowest BCUT2D eigenvalue weighted by Crippen LogP contribution is -2.50. The highest BCUT2D eigenvalue weighted by atomic mass is 127. The number of aliphatic imine (C=N–C) groups is 1. The van der Waals surface area contributed by atoms with Crippen molar-refractivity contribution in [3.05, 3.63) is 71.0 Å². The van der Waals surface area contributed by atoms with Crippen molar-refractivity contribution in [3.63, 3.8) is 0 Å². The Kier molecular flexibility index (Phi) is 10.6. The van der Waals surface area contributed by atoms with E-state index in [1.54, 1.807) is 19.2 Å². The lowest BCUT2D eigenvalue weighted by Gasteiger charge is -2.38. The third-order valence-corrected chi connectivity index (χ3v) is 5.64. The molecule has 180 valence electrons. The van der Waals surface area contributed by atoms with E-state index in [0.29, 0.717) is 25.2 Å². The summed E-state index contributed by atoms with van der Waals surface area (Å²) in [6.07, 6.45) is 0.732. The number of morpholine rings is 1. The lowest BCUT2D eigenvalue weighted by atomic mass is 10.1. The molecule has 3 rings (SSSR count). The van der Waals surface area contributed by atoms with Crippen LogP contribution in [-0.2, 0) is 11.3 Å². The number of benzene rings is 2. The van der Waals surface area contributed by atoms with Gasteiger partial charge in [0.05, 0.1) is 12.6 Å². The number of nitrogens with one attached hydrogen (secondary N) is 2. The van der Waals surface area contributed by atoms with Crippen LogP contribution in [0.2, 0.25) is 0 Å². The maximum atomic E-state index is 13.3. The molecule has 8 heteroatoms. The molecule has 1 aliphatic heterocycles. The zero-order chi connectivity index (χ0) is 23.1. The summed E-state index contributed by atoms with van der Waals surface area (Å²) in [5, 5.41) is 6.40. The van der Waals surface area contributed by atoms with Crippen LogP contribution in [0.15, 0.2) is 53.5 Å². The lowest BCUT2D eigenvalue weighted by molar-refractivity contribution is -0.0605. The molecule has 1 aliphatic rings. The smallest absolute Gasteiger partial charge is 0.251 e. The molecule has 1 fully saturated rings. The Labute approximate surface area is 213 Å². The Morgan fingerprint density at radius 2 is 1.97 bits per heavy atom. The van der Waals surface area contributed by atoms with Crippen molar-refractivity contribution in [1.29, 1.82) is 0 Å². The third kappa shape index (κ3) is 7.67. The summed E-state index contributed by atoms with van der Waals surface area (Å²) in [7, 11) is 1.76. The van der Waals surface area contributed by atoms with Gasteiger partial charge in [-0.05, 0) is 55.7 Å². The van der Waals surface area contributed by atoms with Crippen molar-refractivity contribution >= 4 is 35.8 Å². The Bertz CT molecular complexity index is 938. The van der Waals surface area contributed by atoms with E-state index < -0.39 is 0 Å². The highest BCUT2D eigenvalue weighted by molar-refractivity contribution is 14.0. The molecule has 0 aromatic heterocycles. The second kappa shape index (κ2) is 12.9. The van der Waals surface area contributed by atoms with E-state index in [0.717, 1.165) is 23.5 Å². The molecular formula is C25H34FIN4O2. The van der Waals surface area contributed by atoms with Crippen molar-refractivity contribution < 1.29 is 13.9 Å². The number of carbonyl (C=O) groups is 1. The van der Waals surface area contributed by atoms with Crippen LogP contribution in [0.25, 0.3) is 0 Å². The first kappa shape index (κ1) is 27.0. The molecule has 2 aromatic rings. The van der Waals surface area contributed by atoms with Crippen molar-refractivity contribution in [3.8, 4) is 0 Å². The fraction of sp³-hybridized carbons (Fsp3) is 0.440. The quantitative estimate of drug-likeness (QED) is 0.306. The molecule has 1 amide bonds. The van der Waals surface area contributed by atoms with Crippen LogP contribution in [0.5, 0.6) is 0 Å². The van der Waals surface area contributed by atoms with Crippen molar-refractivity contribution in [2.45, 2.75) is 52.0 Å². The summed E-state index contributed by atoms with van der Waals surface area (Å²) >= 11 is 0. The van der Waals surface area contributed by atoms with Gasteiger partial charge in [-0.3, -0.25) is 9.79 Å². The molecule has 0 aliphatic carbocycles. The zero-order valence-electron chi connectivity index (χ0n) is 19.7. The zero-order valence-corrected chi connectivity index (χ0v) is 22.0. The van der Waals surface area contributed by atoms with Gasteiger partial charge in [0.25, 0.3) is 5.91 Å². The summed E-state index contributed by atoms with van der Waals surface area (Å²) in [6.45, 7) is 7.93. The first-order valence-corrected chi connectivity index (χ1v) is 11.2. The first-order chi connectivity index (χ1) is 15.4. The van der Waals surface area contributed by atoms with Crippen LogP contribution >= 0.6 is 24.0 Å². The minimum atomic E-state index is -0.257. The molecule has 0 bridgehead atoms. The van der Waals surface area contributed by atoms with Crippen LogP contribution in [-0.4, -0.2) is 49.0 Å². The van der Waals surface area contributed by atoms with Gasteiger partial charge in [0.15, 0.2) is 5.96 Å². The van der Waals surface area contributed by atoms with Gasteiger partial charge in [-0.1, -0.05) is 31.2 Å². The Balaban J connectivity index is 0.00000385. The highest BCUT2D eigenvalue weighted by Gasteiger charge is 2.28. The maximum absolute atomic E-state index is 13.3. The number of carbonyl (C=O) groups excluding carboxylic acids is 1. The van der Waals surface area contributed by atoms with Crippen molar-refractivity contribution in [1.82, 2.24) is 15.5 Å². The average Bonchev–Trinajstić information content (AvgIpc) is 2.79. The normalized spacial score (nSPS) is 19.4. The molecule has 1 saturated heterocycles. The first-order valence-electron chi connectivity index (χ1n) is 11.2. The Morgan fingerprint density at radius 3 is 2.64 bits per heavy atom. The molecule has 6 nitrogen and oxygen atoms in total. The molecule has 1 heterocycles. The Morgan fingerprint density at radius 1 is 1.24 bits per heavy atom. The van der Waals surface area contributed by atoms with Crippen LogP contribution in [0.4, 0.5) is 4.39 Å². The van der Waals surface area contributed by atoms with Gasteiger partial charge >= 0.3 is 0 Å². The summed E-state index contributed by atoms with van der Waals surface area (Å²) in [4.78, 5) is 19.0. The van der Waals surface area contributed by atoms with Crippen LogP contribution in [0, 0.1) is 5.82 Å². The molecular weight excluding hydrogens is 534 g/mol. The van der Waals surface area contributed by atoms with Gasteiger partial charge in [-0.25, -0.2) is 4.39 Å². The number of amides is 1.